The van der Waals surface area contributed by atoms with Gasteiger partial charge in [-0.25, -0.2) is 13.2 Å². The molecule has 0 aromatic heterocycles. The minimum absolute atomic E-state index is 0.0738. The zero-order valence-electron chi connectivity index (χ0n) is 10.4. The molecule has 1 nitrogen and oxygen atoms in total. The summed E-state index contributed by atoms with van der Waals surface area (Å²) in [5, 5.41) is 2.58. The molecule has 0 radical (unpaired) electrons. The fourth-order valence-electron chi connectivity index (χ4n) is 2.01. The van der Waals surface area contributed by atoms with Crippen LogP contribution in [0.5, 0.6) is 0 Å². The fourth-order valence-corrected chi connectivity index (χ4v) is 2.48. The van der Waals surface area contributed by atoms with E-state index in [2.05, 4.69) is 21.2 Å². The minimum atomic E-state index is -0.971. The summed E-state index contributed by atoms with van der Waals surface area (Å²) in [4.78, 5) is 0. The molecule has 0 aliphatic heterocycles. The van der Waals surface area contributed by atoms with Crippen molar-refractivity contribution in [2.75, 3.05) is 7.05 Å². The molecule has 1 unspecified atom stereocenters. The maximum atomic E-state index is 14.2. The van der Waals surface area contributed by atoms with Crippen LogP contribution in [0.25, 0.3) is 0 Å². The molecular weight excluding hydrogens is 355 g/mol. The number of hydrogen-bond acceptors (Lipinski definition) is 1. The van der Waals surface area contributed by atoms with Crippen molar-refractivity contribution in [2.45, 2.75) is 6.04 Å². The molecule has 1 atom stereocenters. The van der Waals surface area contributed by atoms with Gasteiger partial charge in [-0.05, 0) is 41.2 Å². The summed E-state index contributed by atoms with van der Waals surface area (Å²) in [5.41, 5.74) is -0.169. The van der Waals surface area contributed by atoms with E-state index in [0.29, 0.717) is 4.47 Å². The van der Waals surface area contributed by atoms with Crippen LogP contribution < -0.4 is 5.32 Å². The summed E-state index contributed by atoms with van der Waals surface area (Å²) < 4.78 is 42.3. The van der Waals surface area contributed by atoms with Gasteiger partial charge >= 0.3 is 0 Å². The Hall–Kier alpha value is -1.04. The van der Waals surface area contributed by atoms with E-state index in [1.165, 1.54) is 25.2 Å². The smallest absolute Gasteiger partial charge is 0.148 e. The van der Waals surface area contributed by atoms with Crippen LogP contribution in [-0.2, 0) is 0 Å². The Morgan fingerprint density at radius 2 is 1.70 bits per heavy atom. The number of hydrogen-bond donors (Lipinski definition) is 1. The van der Waals surface area contributed by atoms with E-state index in [0.717, 1.165) is 12.1 Å². The highest BCUT2D eigenvalue weighted by Gasteiger charge is 2.24. The van der Waals surface area contributed by atoms with E-state index in [1.54, 1.807) is 0 Å². The third-order valence-corrected chi connectivity index (χ3v) is 4.21. The Labute approximate surface area is 127 Å². The molecule has 2 aromatic rings. The van der Waals surface area contributed by atoms with Gasteiger partial charge in [0.2, 0.25) is 0 Å². The molecule has 0 saturated carbocycles. The van der Waals surface area contributed by atoms with E-state index >= 15 is 0 Å². The standard InChI is InChI=1S/C14H10BrClF3N/c1-20-14(11-9(17)3-2-4-10(11)18)7-5-6-8(15)12(16)13(7)19/h2-6,14,20H,1H3. The predicted octanol–water partition coefficient (Wildman–Crippen LogP) is 4.83. The maximum absolute atomic E-state index is 14.2. The van der Waals surface area contributed by atoms with Crippen molar-refractivity contribution in [3.8, 4) is 0 Å². The van der Waals surface area contributed by atoms with Gasteiger partial charge < -0.3 is 5.32 Å². The van der Waals surface area contributed by atoms with E-state index in [9.17, 15) is 13.2 Å². The average Bonchev–Trinajstić information content (AvgIpc) is 2.42. The first-order valence-corrected chi connectivity index (χ1v) is 6.89. The number of benzene rings is 2. The fraction of sp³-hybridized carbons (Fsp3) is 0.143. The summed E-state index contributed by atoms with van der Waals surface area (Å²) in [7, 11) is 1.49. The third kappa shape index (κ3) is 2.71. The molecule has 1 N–H and O–H groups in total. The van der Waals surface area contributed by atoms with E-state index in [4.69, 9.17) is 11.6 Å². The van der Waals surface area contributed by atoms with Gasteiger partial charge in [0, 0.05) is 15.6 Å². The molecule has 0 fully saturated rings. The van der Waals surface area contributed by atoms with Gasteiger partial charge in [-0.1, -0.05) is 23.7 Å². The predicted molar refractivity (Wildman–Crippen MR) is 76.4 cm³/mol. The summed E-state index contributed by atoms with van der Waals surface area (Å²) >= 11 is 8.91. The Balaban J connectivity index is 2.62. The van der Waals surface area contributed by atoms with Gasteiger partial charge in [0.1, 0.15) is 17.5 Å². The molecule has 0 amide bonds. The molecule has 0 aliphatic carbocycles. The van der Waals surface area contributed by atoms with Crippen molar-refractivity contribution in [1.82, 2.24) is 5.32 Å². The van der Waals surface area contributed by atoms with Gasteiger partial charge in [0.25, 0.3) is 0 Å². The first-order chi connectivity index (χ1) is 9.47. The van der Waals surface area contributed by atoms with E-state index in [1.807, 2.05) is 0 Å². The van der Waals surface area contributed by atoms with E-state index < -0.39 is 23.5 Å². The lowest BCUT2D eigenvalue weighted by atomic mass is 9.97. The van der Waals surface area contributed by atoms with Gasteiger partial charge in [0.15, 0.2) is 0 Å². The SMILES string of the molecule is CNC(c1ccc(Br)c(Cl)c1F)c1c(F)cccc1F. The van der Waals surface area contributed by atoms with Crippen LogP contribution in [0.3, 0.4) is 0 Å². The third-order valence-electron chi connectivity index (χ3n) is 2.95. The maximum Gasteiger partial charge on any atom is 0.148 e. The lowest BCUT2D eigenvalue weighted by Crippen LogP contribution is -2.21. The quantitative estimate of drug-likeness (QED) is 0.769. The van der Waals surface area contributed by atoms with Crippen molar-refractivity contribution >= 4 is 27.5 Å². The van der Waals surface area contributed by atoms with Crippen molar-refractivity contribution < 1.29 is 13.2 Å². The Morgan fingerprint density at radius 3 is 2.25 bits per heavy atom. The Bertz CT molecular complexity index is 628. The zero-order valence-corrected chi connectivity index (χ0v) is 12.7. The number of nitrogens with one attached hydrogen (secondary N) is 1. The molecule has 2 rings (SSSR count). The summed E-state index contributed by atoms with van der Waals surface area (Å²) in [6.07, 6.45) is 0. The first kappa shape index (κ1) is 15.4. The van der Waals surface area contributed by atoms with Crippen molar-refractivity contribution in [3.05, 3.63) is 68.4 Å². The van der Waals surface area contributed by atoms with Crippen LogP contribution in [0, 0.1) is 17.5 Å². The number of halogens is 5. The van der Waals surface area contributed by atoms with Crippen LogP contribution in [0.2, 0.25) is 5.02 Å². The molecule has 106 valence electrons. The molecule has 0 saturated heterocycles. The lowest BCUT2D eigenvalue weighted by Gasteiger charge is -2.20. The van der Waals surface area contributed by atoms with E-state index in [-0.39, 0.29) is 16.1 Å². The van der Waals surface area contributed by atoms with Gasteiger partial charge in [-0.15, -0.1) is 0 Å². The molecule has 20 heavy (non-hydrogen) atoms. The highest BCUT2D eigenvalue weighted by Crippen LogP contribution is 2.34. The average molecular weight is 365 g/mol. The van der Waals surface area contributed by atoms with Gasteiger partial charge in [-0.3, -0.25) is 0 Å². The highest BCUT2D eigenvalue weighted by molar-refractivity contribution is 9.10. The van der Waals surface area contributed by atoms with Crippen molar-refractivity contribution in [3.63, 3.8) is 0 Å². The van der Waals surface area contributed by atoms with Crippen molar-refractivity contribution in [2.24, 2.45) is 0 Å². The molecule has 2 aromatic carbocycles. The summed E-state index contributed by atoms with van der Waals surface area (Å²) in [6.45, 7) is 0. The molecule has 6 heteroatoms. The van der Waals surface area contributed by atoms with Crippen LogP contribution in [0.1, 0.15) is 17.2 Å². The topological polar surface area (TPSA) is 12.0 Å². The Morgan fingerprint density at radius 1 is 1.10 bits per heavy atom. The Kier molecular flexibility index (Phi) is 4.73. The van der Waals surface area contributed by atoms with Crippen LogP contribution in [0.4, 0.5) is 13.2 Å². The molecule has 0 heterocycles. The van der Waals surface area contributed by atoms with Crippen LogP contribution in [-0.4, -0.2) is 7.05 Å². The molecule has 0 spiro atoms. The monoisotopic (exact) mass is 363 g/mol. The second kappa shape index (κ2) is 6.16. The lowest BCUT2D eigenvalue weighted by molar-refractivity contribution is 0.507. The second-order valence-corrected chi connectivity index (χ2v) is 5.35. The second-order valence-electron chi connectivity index (χ2n) is 4.12. The zero-order chi connectivity index (χ0) is 14.9. The normalized spacial score (nSPS) is 12.5. The molecule has 0 aliphatic rings. The largest absolute Gasteiger partial charge is 0.309 e. The highest BCUT2D eigenvalue weighted by atomic mass is 79.9. The van der Waals surface area contributed by atoms with Crippen LogP contribution >= 0.6 is 27.5 Å². The minimum Gasteiger partial charge on any atom is -0.309 e. The summed E-state index contributed by atoms with van der Waals surface area (Å²) in [5.74, 6) is -2.21. The van der Waals surface area contributed by atoms with Crippen LogP contribution in [0.15, 0.2) is 34.8 Å². The molecule has 0 bridgehead atoms. The van der Waals surface area contributed by atoms with Gasteiger partial charge in [0.05, 0.1) is 11.1 Å². The first-order valence-electron chi connectivity index (χ1n) is 5.72. The van der Waals surface area contributed by atoms with Crippen molar-refractivity contribution in [1.29, 1.82) is 0 Å². The molecular formula is C14H10BrClF3N. The summed E-state index contributed by atoms with van der Waals surface area (Å²) in [6, 6.07) is 5.50. The number of rotatable bonds is 3. The van der Waals surface area contributed by atoms with Gasteiger partial charge in [-0.2, -0.15) is 0 Å².